The summed E-state index contributed by atoms with van der Waals surface area (Å²) in [5.41, 5.74) is 0.816. The molecule has 1 N–H and O–H groups in total. The van der Waals surface area contributed by atoms with Crippen molar-refractivity contribution >= 4 is 33.4 Å². The fourth-order valence-electron chi connectivity index (χ4n) is 3.39. The van der Waals surface area contributed by atoms with E-state index in [1.165, 1.54) is 29.3 Å². The SMILES string of the molecule is CC(C)(C)c1cc(F)c2c(=O)n(-c3nccc(-n4cc(C#N)c(I)n4)c3CO)ncc2c1. The Labute approximate surface area is 196 Å². The van der Waals surface area contributed by atoms with Crippen molar-refractivity contribution in [2.75, 3.05) is 0 Å². The minimum absolute atomic E-state index is 0.0558. The van der Waals surface area contributed by atoms with Gasteiger partial charge >= 0.3 is 0 Å². The van der Waals surface area contributed by atoms with Gasteiger partial charge in [-0.2, -0.15) is 20.1 Å². The third-order valence-electron chi connectivity index (χ3n) is 5.11. The van der Waals surface area contributed by atoms with Gasteiger partial charge in [0.2, 0.25) is 0 Å². The van der Waals surface area contributed by atoms with Gasteiger partial charge in [0.15, 0.2) is 5.82 Å². The molecule has 0 saturated heterocycles. The molecule has 0 aliphatic rings. The number of benzene rings is 1. The fraction of sp³-hybridized carbons (Fsp3) is 0.227. The molecule has 0 saturated carbocycles. The lowest BCUT2D eigenvalue weighted by Gasteiger charge is -2.20. The van der Waals surface area contributed by atoms with Gasteiger partial charge in [-0.3, -0.25) is 4.79 Å². The topological polar surface area (TPSA) is 110 Å². The molecule has 10 heteroatoms. The molecule has 0 atom stereocenters. The highest BCUT2D eigenvalue weighted by atomic mass is 127. The van der Waals surface area contributed by atoms with E-state index in [1.807, 2.05) is 49.4 Å². The Morgan fingerprint density at radius 2 is 2.06 bits per heavy atom. The number of nitriles is 1. The zero-order chi connectivity index (χ0) is 23.2. The van der Waals surface area contributed by atoms with E-state index in [-0.39, 0.29) is 22.2 Å². The van der Waals surface area contributed by atoms with Gasteiger partial charge in [0.25, 0.3) is 5.56 Å². The lowest BCUT2D eigenvalue weighted by atomic mass is 9.86. The molecule has 0 spiro atoms. The van der Waals surface area contributed by atoms with Gasteiger partial charge in [0.1, 0.15) is 21.2 Å². The molecule has 0 aliphatic carbocycles. The molecule has 0 amide bonds. The first-order chi connectivity index (χ1) is 15.2. The summed E-state index contributed by atoms with van der Waals surface area (Å²) in [6.07, 6.45) is 4.36. The Morgan fingerprint density at radius 1 is 1.31 bits per heavy atom. The van der Waals surface area contributed by atoms with Crippen LogP contribution in [-0.4, -0.2) is 29.7 Å². The molecule has 0 bridgehead atoms. The Kier molecular flexibility index (Phi) is 5.56. The third-order valence-corrected chi connectivity index (χ3v) is 5.91. The number of halogens is 2. The van der Waals surface area contributed by atoms with Crippen LogP contribution in [0.15, 0.2) is 41.6 Å². The van der Waals surface area contributed by atoms with Crippen molar-refractivity contribution in [1.82, 2.24) is 24.5 Å². The van der Waals surface area contributed by atoms with E-state index in [4.69, 9.17) is 0 Å². The lowest BCUT2D eigenvalue weighted by molar-refractivity contribution is 0.280. The molecule has 32 heavy (non-hydrogen) atoms. The maximum Gasteiger partial charge on any atom is 0.283 e. The van der Waals surface area contributed by atoms with Crippen molar-refractivity contribution in [2.24, 2.45) is 0 Å². The molecule has 4 rings (SSSR count). The number of hydrogen-bond donors (Lipinski definition) is 1. The Bertz CT molecular complexity index is 1460. The minimum atomic E-state index is -0.687. The standard InChI is InChI=1S/C22H18FIN6O2/c1-22(2,3)14-6-12-9-27-30(21(32)18(12)16(23)7-14)20-15(11-31)17(4-5-26-20)29-10-13(8-25)19(24)28-29/h4-7,9-10,31H,11H2,1-3H3. The van der Waals surface area contributed by atoms with Crippen molar-refractivity contribution in [1.29, 1.82) is 5.26 Å². The van der Waals surface area contributed by atoms with E-state index in [0.29, 0.717) is 20.3 Å². The van der Waals surface area contributed by atoms with E-state index in [1.54, 1.807) is 12.1 Å². The van der Waals surface area contributed by atoms with Crippen LogP contribution in [0.2, 0.25) is 0 Å². The molecule has 0 unspecified atom stereocenters. The van der Waals surface area contributed by atoms with Gasteiger partial charge in [-0.15, -0.1) is 0 Å². The number of hydrogen-bond acceptors (Lipinski definition) is 6. The van der Waals surface area contributed by atoms with E-state index in [9.17, 15) is 19.6 Å². The van der Waals surface area contributed by atoms with Gasteiger partial charge in [0.05, 0.1) is 23.9 Å². The largest absolute Gasteiger partial charge is 0.391 e. The summed E-state index contributed by atoms with van der Waals surface area (Å²) in [7, 11) is 0. The molecule has 3 aromatic heterocycles. The van der Waals surface area contributed by atoms with Gasteiger partial charge in [-0.05, 0) is 51.8 Å². The van der Waals surface area contributed by atoms with Gasteiger partial charge in [-0.25, -0.2) is 14.1 Å². The molecule has 4 aromatic rings. The maximum atomic E-state index is 15.0. The van der Waals surface area contributed by atoms with Crippen LogP contribution in [0.5, 0.6) is 0 Å². The van der Waals surface area contributed by atoms with E-state index < -0.39 is 18.0 Å². The van der Waals surface area contributed by atoms with Crippen LogP contribution in [0.4, 0.5) is 4.39 Å². The molecule has 1 aromatic carbocycles. The predicted octanol–water partition coefficient (Wildman–Crippen LogP) is 3.37. The van der Waals surface area contributed by atoms with Gasteiger partial charge in [-0.1, -0.05) is 20.8 Å². The second-order valence-corrected chi connectivity index (χ2v) is 9.24. The summed E-state index contributed by atoms with van der Waals surface area (Å²) in [6, 6.07) is 6.75. The summed E-state index contributed by atoms with van der Waals surface area (Å²) in [5, 5.41) is 28.1. The normalized spacial score (nSPS) is 11.7. The van der Waals surface area contributed by atoms with Crippen LogP contribution in [-0.2, 0) is 12.0 Å². The first kappa shape index (κ1) is 22.0. The second-order valence-electron chi connectivity index (χ2n) is 8.21. The molecule has 3 heterocycles. The third kappa shape index (κ3) is 3.67. The molecule has 0 radical (unpaired) electrons. The summed E-state index contributed by atoms with van der Waals surface area (Å²) >= 11 is 1.94. The van der Waals surface area contributed by atoms with Crippen LogP contribution in [0.25, 0.3) is 22.3 Å². The van der Waals surface area contributed by atoms with Crippen LogP contribution in [0.3, 0.4) is 0 Å². The minimum Gasteiger partial charge on any atom is -0.391 e. The number of aliphatic hydroxyl groups is 1. The average molecular weight is 544 g/mol. The number of rotatable bonds is 3. The summed E-state index contributed by atoms with van der Waals surface area (Å²) < 4.78 is 17.9. The number of aliphatic hydroxyl groups excluding tert-OH is 1. The number of pyridine rings is 1. The quantitative estimate of drug-likeness (QED) is 0.397. The second kappa shape index (κ2) is 8.07. The lowest BCUT2D eigenvalue weighted by Crippen LogP contribution is -2.25. The van der Waals surface area contributed by atoms with Crippen LogP contribution < -0.4 is 5.56 Å². The molecule has 8 nitrogen and oxygen atoms in total. The first-order valence-electron chi connectivity index (χ1n) is 9.62. The zero-order valence-electron chi connectivity index (χ0n) is 17.5. The predicted molar refractivity (Wildman–Crippen MR) is 124 cm³/mol. The summed E-state index contributed by atoms with van der Waals surface area (Å²) in [4.78, 5) is 17.4. The Hall–Kier alpha value is -3.17. The average Bonchev–Trinajstić information content (AvgIpc) is 3.13. The number of fused-ring (bicyclic) bond motifs is 1. The van der Waals surface area contributed by atoms with Crippen LogP contribution >= 0.6 is 22.6 Å². The van der Waals surface area contributed by atoms with Crippen LogP contribution in [0, 0.1) is 20.8 Å². The number of aromatic nitrogens is 5. The Balaban J connectivity index is 1.95. The van der Waals surface area contributed by atoms with Crippen molar-refractivity contribution in [3.63, 3.8) is 0 Å². The molecule has 0 fully saturated rings. The molecular weight excluding hydrogens is 526 g/mol. The first-order valence-corrected chi connectivity index (χ1v) is 10.7. The highest BCUT2D eigenvalue weighted by molar-refractivity contribution is 14.1. The number of nitrogens with zero attached hydrogens (tertiary/aromatic N) is 6. The smallest absolute Gasteiger partial charge is 0.283 e. The van der Waals surface area contributed by atoms with Crippen molar-refractivity contribution < 1.29 is 9.50 Å². The summed E-state index contributed by atoms with van der Waals surface area (Å²) in [5.74, 6) is -0.587. The Morgan fingerprint density at radius 3 is 2.69 bits per heavy atom. The zero-order valence-corrected chi connectivity index (χ0v) is 19.6. The monoisotopic (exact) mass is 544 g/mol. The molecule has 162 valence electrons. The van der Waals surface area contributed by atoms with Gasteiger partial charge < -0.3 is 5.11 Å². The van der Waals surface area contributed by atoms with Crippen molar-refractivity contribution in [2.45, 2.75) is 32.8 Å². The van der Waals surface area contributed by atoms with Gasteiger partial charge in [0, 0.05) is 23.3 Å². The van der Waals surface area contributed by atoms with E-state index in [0.717, 1.165) is 10.2 Å². The highest BCUT2D eigenvalue weighted by Gasteiger charge is 2.21. The van der Waals surface area contributed by atoms with Crippen molar-refractivity contribution in [3.05, 3.63) is 73.4 Å². The fourth-order valence-corrected chi connectivity index (χ4v) is 3.88. The van der Waals surface area contributed by atoms with E-state index >= 15 is 0 Å². The maximum absolute atomic E-state index is 15.0. The van der Waals surface area contributed by atoms with Crippen LogP contribution in [0.1, 0.15) is 37.5 Å². The molecular formula is C22H18FIN6O2. The van der Waals surface area contributed by atoms with E-state index in [2.05, 4.69) is 15.2 Å². The molecule has 0 aliphatic heterocycles. The highest BCUT2D eigenvalue weighted by Crippen LogP contribution is 2.27. The summed E-state index contributed by atoms with van der Waals surface area (Å²) in [6.45, 7) is 5.40. The van der Waals surface area contributed by atoms with Crippen molar-refractivity contribution in [3.8, 4) is 17.6 Å².